The number of nitrogens with zero attached hydrogens (tertiary/aromatic N) is 1. The molecule has 0 aliphatic carbocycles. The third-order valence-electron chi connectivity index (χ3n) is 4.09. The molecule has 4 nitrogen and oxygen atoms in total. The molecule has 0 aromatic heterocycles. The molecule has 2 aromatic carbocycles. The van der Waals surface area contributed by atoms with Gasteiger partial charge in [0.1, 0.15) is 5.75 Å². The predicted molar refractivity (Wildman–Crippen MR) is 104 cm³/mol. The molecular formula is C19H22Cl2N2O2. The number of hydrogen-bond donors (Lipinski definition) is 1. The standard InChI is InChI=1S/C19H22Cl2N2O2/c1-12-5-8-18(25-4)14(9-12)11-23(3)13(2)19(24)22-17-7-6-15(20)10-16(17)21/h5-10,13H,11H2,1-4H3,(H,22,24)/t13-/m0/s1. The summed E-state index contributed by atoms with van der Waals surface area (Å²) < 4.78 is 5.41. The first-order valence-corrected chi connectivity index (χ1v) is 8.67. The zero-order chi connectivity index (χ0) is 18.6. The van der Waals surface area contributed by atoms with Crippen LogP contribution in [-0.4, -0.2) is 31.0 Å². The SMILES string of the molecule is COc1ccc(C)cc1CN(C)[C@@H](C)C(=O)Nc1ccc(Cl)cc1Cl. The predicted octanol–water partition coefficient (Wildman–Crippen LogP) is 4.77. The first-order chi connectivity index (χ1) is 11.8. The highest BCUT2D eigenvalue weighted by molar-refractivity contribution is 6.36. The normalized spacial score (nSPS) is 12.1. The number of carbonyl (C=O) groups is 1. The maximum absolute atomic E-state index is 12.5. The molecule has 0 aliphatic heterocycles. The Hall–Kier alpha value is -1.75. The lowest BCUT2D eigenvalue weighted by Crippen LogP contribution is -2.39. The smallest absolute Gasteiger partial charge is 0.241 e. The molecular weight excluding hydrogens is 359 g/mol. The molecule has 0 spiro atoms. The van der Waals surface area contributed by atoms with E-state index < -0.39 is 0 Å². The highest BCUT2D eigenvalue weighted by atomic mass is 35.5. The number of carbonyl (C=O) groups excluding carboxylic acids is 1. The summed E-state index contributed by atoms with van der Waals surface area (Å²) in [6.45, 7) is 4.47. The number of hydrogen-bond acceptors (Lipinski definition) is 3. The summed E-state index contributed by atoms with van der Waals surface area (Å²) in [5, 5.41) is 3.78. The second-order valence-electron chi connectivity index (χ2n) is 6.02. The summed E-state index contributed by atoms with van der Waals surface area (Å²) in [5.74, 6) is 0.671. The molecule has 0 heterocycles. The second kappa shape index (κ2) is 8.56. The van der Waals surface area contributed by atoms with E-state index in [9.17, 15) is 4.79 Å². The Morgan fingerprint density at radius 3 is 2.60 bits per heavy atom. The van der Waals surface area contributed by atoms with Gasteiger partial charge >= 0.3 is 0 Å². The lowest BCUT2D eigenvalue weighted by Gasteiger charge is -2.25. The van der Waals surface area contributed by atoms with E-state index in [1.807, 2.05) is 37.9 Å². The van der Waals surface area contributed by atoms with Crippen LogP contribution in [0.1, 0.15) is 18.1 Å². The van der Waals surface area contributed by atoms with Crippen LogP contribution in [-0.2, 0) is 11.3 Å². The van der Waals surface area contributed by atoms with E-state index in [4.69, 9.17) is 27.9 Å². The minimum Gasteiger partial charge on any atom is -0.496 e. The highest BCUT2D eigenvalue weighted by Gasteiger charge is 2.20. The van der Waals surface area contributed by atoms with Crippen molar-refractivity contribution in [1.29, 1.82) is 0 Å². The summed E-state index contributed by atoms with van der Waals surface area (Å²) in [5.41, 5.74) is 2.73. The van der Waals surface area contributed by atoms with Crippen molar-refractivity contribution >= 4 is 34.8 Å². The number of nitrogens with one attached hydrogen (secondary N) is 1. The number of ether oxygens (including phenoxy) is 1. The van der Waals surface area contributed by atoms with Crippen LogP contribution in [0.3, 0.4) is 0 Å². The number of anilines is 1. The number of halogens is 2. The summed E-state index contributed by atoms with van der Waals surface area (Å²) in [7, 11) is 3.54. The average molecular weight is 381 g/mol. The maximum atomic E-state index is 12.5. The fraction of sp³-hybridized carbons (Fsp3) is 0.316. The number of likely N-dealkylation sites (N-methyl/N-ethyl adjacent to an activating group) is 1. The fourth-order valence-corrected chi connectivity index (χ4v) is 2.92. The van der Waals surface area contributed by atoms with Gasteiger partial charge in [-0.05, 0) is 45.2 Å². The Balaban J connectivity index is 2.07. The summed E-state index contributed by atoms with van der Waals surface area (Å²) >= 11 is 12.0. The van der Waals surface area contributed by atoms with E-state index in [0.717, 1.165) is 16.9 Å². The van der Waals surface area contributed by atoms with E-state index in [-0.39, 0.29) is 11.9 Å². The monoisotopic (exact) mass is 380 g/mol. The first kappa shape index (κ1) is 19.6. The van der Waals surface area contributed by atoms with Gasteiger partial charge in [-0.2, -0.15) is 0 Å². The number of benzene rings is 2. The summed E-state index contributed by atoms with van der Waals surface area (Å²) in [6, 6.07) is 10.6. The number of rotatable bonds is 6. The van der Waals surface area contributed by atoms with Gasteiger partial charge in [0, 0.05) is 17.1 Å². The molecule has 134 valence electrons. The molecule has 0 radical (unpaired) electrons. The molecule has 0 saturated heterocycles. The molecule has 1 N–H and O–H groups in total. The Bertz CT molecular complexity index is 765. The zero-order valence-electron chi connectivity index (χ0n) is 14.8. The third-order valence-corrected chi connectivity index (χ3v) is 4.63. The van der Waals surface area contributed by atoms with Gasteiger partial charge in [-0.25, -0.2) is 0 Å². The Labute approximate surface area is 158 Å². The van der Waals surface area contributed by atoms with Crippen molar-refractivity contribution in [1.82, 2.24) is 4.90 Å². The maximum Gasteiger partial charge on any atom is 0.241 e. The molecule has 0 saturated carbocycles. The van der Waals surface area contributed by atoms with Gasteiger partial charge in [0.15, 0.2) is 0 Å². The van der Waals surface area contributed by atoms with Crippen LogP contribution in [0.25, 0.3) is 0 Å². The molecule has 1 atom stereocenters. The van der Waals surface area contributed by atoms with Gasteiger partial charge in [0.05, 0.1) is 23.9 Å². The van der Waals surface area contributed by atoms with Gasteiger partial charge in [-0.3, -0.25) is 9.69 Å². The molecule has 2 aromatic rings. The van der Waals surface area contributed by atoms with E-state index in [1.54, 1.807) is 25.3 Å². The molecule has 0 unspecified atom stereocenters. The first-order valence-electron chi connectivity index (χ1n) is 7.91. The van der Waals surface area contributed by atoms with Crippen molar-refractivity contribution < 1.29 is 9.53 Å². The van der Waals surface area contributed by atoms with Gasteiger partial charge < -0.3 is 10.1 Å². The molecule has 2 rings (SSSR count). The lowest BCUT2D eigenvalue weighted by atomic mass is 10.1. The summed E-state index contributed by atoms with van der Waals surface area (Å²) in [6.07, 6.45) is 0. The lowest BCUT2D eigenvalue weighted by molar-refractivity contribution is -0.120. The van der Waals surface area contributed by atoms with E-state index >= 15 is 0 Å². The van der Waals surface area contributed by atoms with Crippen molar-refractivity contribution in [2.45, 2.75) is 26.4 Å². The Kier molecular flexibility index (Phi) is 6.71. The van der Waals surface area contributed by atoms with Crippen LogP contribution in [0.4, 0.5) is 5.69 Å². The Morgan fingerprint density at radius 1 is 1.24 bits per heavy atom. The molecule has 0 aliphatic rings. The van der Waals surface area contributed by atoms with Crippen LogP contribution in [0.5, 0.6) is 5.75 Å². The number of methoxy groups -OCH3 is 1. The topological polar surface area (TPSA) is 41.6 Å². The van der Waals surface area contributed by atoms with Crippen LogP contribution < -0.4 is 10.1 Å². The van der Waals surface area contributed by atoms with E-state index in [0.29, 0.717) is 22.3 Å². The van der Waals surface area contributed by atoms with Crippen molar-refractivity contribution in [3.8, 4) is 5.75 Å². The minimum atomic E-state index is -0.350. The number of amides is 1. The van der Waals surface area contributed by atoms with E-state index in [1.165, 1.54) is 0 Å². The largest absolute Gasteiger partial charge is 0.496 e. The third kappa shape index (κ3) is 5.11. The van der Waals surface area contributed by atoms with Gasteiger partial charge in [0.2, 0.25) is 5.91 Å². The molecule has 25 heavy (non-hydrogen) atoms. The van der Waals surface area contributed by atoms with Crippen LogP contribution in [0.15, 0.2) is 36.4 Å². The molecule has 6 heteroatoms. The van der Waals surface area contributed by atoms with Crippen LogP contribution in [0.2, 0.25) is 10.0 Å². The van der Waals surface area contributed by atoms with Gasteiger partial charge in [0.25, 0.3) is 0 Å². The van der Waals surface area contributed by atoms with Crippen molar-refractivity contribution in [3.05, 3.63) is 57.6 Å². The fourth-order valence-electron chi connectivity index (χ4n) is 2.46. The second-order valence-corrected chi connectivity index (χ2v) is 6.86. The van der Waals surface area contributed by atoms with Gasteiger partial charge in [-0.1, -0.05) is 40.9 Å². The molecule has 0 fully saturated rings. The molecule has 0 bridgehead atoms. The summed E-state index contributed by atoms with van der Waals surface area (Å²) in [4.78, 5) is 14.5. The highest BCUT2D eigenvalue weighted by Crippen LogP contribution is 2.26. The van der Waals surface area contributed by atoms with Crippen molar-refractivity contribution in [3.63, 3.8) is 0 Å². The van der Waals surface area contributed by atoms with Crippen LogP contribution >= 0.6 is 23.2 Å². The van der Waals surface area contributed by atoms with E-state index in [2.05, 4.69) is 11.4 Å². The van der Waals surface area contributed by atoms with Crippen molar-refractivity contribution in [2.24, 2.45) is 0 Å². The van der Waals surface area contributed by atoms with Gasteiger partial charge in [-0.15, -0.1) is 0 Å². The quantitative estimate of drug-likeness (QED) is 0.784. The minimum absolute atomic E-state index is 0.140. The van der Waals surface area contributed by atoms with Crippen LogP contribution in [0, 0.1) is 6.92 Å². The van der Waals surface area contributed by atoms with Crippen molar-refractivity contribution in [2.75, 3.05) is 19.5 Å². The zero-order valence-corrected chi connectivity index (χ0v) is 16.3. The number of aryl methyl sites for hydroxylation is 1. The molecule has 1 amide bonds. The average Bonchev–Trinajstić information content (AvgIpc) is 2.56. The Morgan fingerprint density at radius 2 is 1.96 bits per heavy atom.